The molecule has 1 atom stereocenters. The quantitative estimate of drug-likeness (QED) is 0.871. The minimum absolute atomic E-state index is 0.148. The Kier molecular flexibility index (Phi) is 4.02. The fraction of sp³-hybridized carbons (Fsp3) is 0.571. The van der Waals surface area contributed by atoms with Crippen molar-refractivity contribution in [2.75, 3.05) is 32.2 Å². The smallest absolute Gasteiger partial charge is 0.0469 e. The van der Waals surface area contributed by atoms with Crippen LogP contribution in [0.1, 0.15) is 24.4 Å². The van der Waals surface area contributed by atoms with Crippen LogP contribution in [0.5, 0.6) is 0 Å². The maximum absolute atomic E-state index is 6.33. The molecule has 2 rings (SSSR count). The summed E-state index contributed by atoms with van der Waals surface area (Å²) in [6.07, 6.45) is 2.16. The van der Waals surface area contributed by atoms with Gasteiger partial charge in [-0.25, -0.2) is 0 Å². The molecule has 1 saturated heterocycles. The SMILES string of the molecule is CN(C)c1ccc(C(N)C2CCOCC2)cc1. The fourth-order valence-electron chi connectivity index (χ4n) is 2.34. The Morgan fingerprint density at radius 3 is 2.29 bits per heavy atom. The minimum atomic E-state index is 0.148. The molecule has 3 heteroatoms. The molecule has 2 N–H and O–H groups in total. The molecule has 0 aliphatic carbocycles. The van der Waals surface area contributed by atoms with E-state index < -0.39 is 0 Å². The lowest BCUT2D eigenvalue weighted by Gasteiger charge is -2.28. The first-order valence-electron chi connectivity index (χ1n) is 6.29. The van der Waals surface area contributed by atoms with Crippen molar-refractivity contribution >= 4 is 5.69 Å². The molecule has 94 valence electrons. The highest BCUT2D eigenvalue weighted by atomic mass is 16.5. The van der Waals surface area contributed by atoms with Crippen molar-refractivity contribution in [3.63, 3.8) is 0 Å². The first-order chi connectivity index (χ1) is 8.18. The van der Waals surface area contributed by atoms with Crippen LogP contribution in [0.4, 0.5) is 5.69 Å². The molecule has 1 unspecified atom stereocenters. The van der Waals surface area contributed by atoms with Gasteiger partial charge in [0.15, 0.2) is 0 Å². The molecule has 1 aliphatic heterocycles. The lowest BCUT2D eigenvalue weighted by Crippen LogP contribution is -2.27. The summed E-state index contributed by atoms with van der Waals surface area (Å²) < 4.78 is 5.37. The predicted molar refractivity (Wildman–Crippen MR) is 71.2 cm³/mol. The van der Waals surface area contributed by atoms with Crippen LogP contribution in [0, 0.1) is 5.92 Å². The summed E-state index contributed by atoms with van der Waals surface area (Å²) in [5, 5.41) is 0. The molecular formula is C14H22N2O. The van der Waals surface area contributed by atoms with Crippen molar-refractivity contribution in [2.24, 2.45) is 11.7 Å². The number of nitrogens with two attached hydrogens (primary N) is 1. The first-order valence-corrected chi connectivity index (χ1v) is 6.29. The number of nitrogens with zero attached hydrogens (tertiary/aromatic N) is 1. The fourth-order valence-corrected chi connectivity index (χ4v) is 2.34. The number of benzene rings is 1. The van der Waals surface area contributed by atoms with Gasteiger partial charge in [-0.15, -0.1) is 0 Å². The van der Waals surface area contributed by atoms with Gasteiger partial charge >= 0.3 is 0 Å². The zero-order valence-electron chi connectivity index (χ0n) is 10.7. The third kappa shape index (κ3) is 2.99. The van der Waals surface area contributed by atoms with Gasteiger partial charge in [0.2, 0.25) is 0 Å². The average Bonchev–Trinajstić information content (AvgIpc) is 2.39. The number of ether oxygens (including phenoxy) is 1. The Balaban J connectivity index is 2.05. The van der Waals surface area contributed by atoms with Crippen molar-refractivity contribution < 1.29 is 4.74 Å². The summed E-state index contributed by atoms with van der Waals surface area (Å²) in [6, 6.07) is 8.71. The second kappa shape index (κ2) is 5.52. The van der Waals surface area contributed by atoms with Crippen LogP contribution in [0.2, 0.25) is 0 Å². The molecule has 1 aromatic carbocycles. The lowest BCUT2D eigenvalue weighted by molar-refractivity contribution is 0.0584. The van der Waals surface area contributed by atoms with E-state index in [0.29, 0.717) is 5.92 Å². The number of rotatable bonds is 3. The van der Waals surface area contributed by atoms with Crippen molar-refractivity contribution in [3.8, 4) is 0 Å². The number of anilines is 1. The van der Waals surface area contributed by atoms with Gasteiger partial charge in [-0.3, -0.25) is 0 Å². The van der Waals surface area contributed by atoms with E-state index >= 15 is 0 Å². The second-order valence-electron chi connectivity index (χ2n) is 4.96. The van der Waals surface area contributed by atoms with E-state index in [0.717, 1.165) is 26.1 Å². The largest absolute Gasteiger partial charge is 0.381 e. The summed E-state index contributed by atoms with van der Waals surface area (Å²) in [4.78, 5) is 2.10. The molecule has 0 radical (unpaired) electrons. The van der Waals surface area contributed by atoms with Crippen LogP contribution in [0.15, 0.2) is 24.3 Å². The summed E-state index contributed by atoms with van der Waals surface area (Å²) >= 11 is 0. The predicted octanol–water partition coefficient (Wildman–Crippen LogP) is 2.18. The molecule has 17 heavy (non-hydrogen) atoms. The van der Waals surface area contributed by atoms with Crippen LogP contribution in [-0.4, -0.2) is 27.3 Å². The van der Waals surface area contributed by atoms with E-state index in [2.05, 4.69) is 29.2 Å². The molecular weight excluding hydrogens is 212 g/mol. The molecule has 1 fully saturated rings. The van der Waals surface area contributed by atoms with Gasteiger partial charge in [0.1, 0.15) is 0 Å². The van der Waals surface area contributed by atoms with Crippen molar-refractivity contribution in [1.82, 2.24) is 0 Å². The molecule has 0 spiro atoms. The van der Waals surface area contributed by atoms with Gasteiger partial charge in [0.05, 0.1) is 0 Å². The highest BCUT2D eigenvalue weighted by molar-refractivity contribution is 5.46. The Morgan fingerprint density at radius 2 is 1.76 bits per heavy atom. The van der Waals surface area contributed by atoms with E-state index in [9.17, 15) is 0 Å². The molecule has 0 aromatic heterocycles. The van der Waals surface area contributed by atoms with Crippen LogP contribution < -0.4 is 10.6 Å². The summed E-state index contributed by atoms with van der Waals surface area (Å²) in [5.41, 5.74) is 8.78. The van der Waals surface area contributed by atoms with E-state index in [4.69, 9.17) is 10.5 Å². The summed E-state index contributed by atoms with van der Waals surface area (Å²) in [7, 11) is 4.10. The highest BCUT2D eigenvalue weighted by Crippen LogP contribution is 2.28. The normalized spacial score (nSPS) is 19.0. The molecule has 0 bridgehead atoms. The standard InChI is InChI=1S/C14H22N2O/c1-16(2)13-5-3-11(4-6-13)14(15)12-7-9-17-10-8-12/h3-6,12,14H,7-10,15H2,1-2H3. The Bertz CT molecular complexity index is 342. The van der Waals surface area contributed by atoms with Gasteiger partial charge in [-0.1, -0.05) is 12.1 Å². The van der Waals surface area contributed by atoms with Crippen LogP contribution in [-0.2, 0) is 4.74 Å². The molecule has 0 amide bonds. The maximum Gasteiger partial charge on any atom is 0.0469 e. The van der Waals surface area contributed by atoms with Crippen molar-refractivity contribution in [3.05, 3.63) is 29.8 Å². The van der Waals surface area contributed by atoms with E-state index in [1.54, 1.807) is 0 Å². The zero-order valence-corrected chi connectivity index (χ0v) is 10.7. The topological polar surface area (TPSA) is 38.5 Å². The van der Waals surface area contributed by atoms with Crippen LogP contribution >= 0.6 is 0 Å². The monoisotopic (exact) mass is 234 g/mol. The number of hydrogen-bond donors (Lipinski definition) is 1. The van der Waals surface area contributed by atoms with Crippen molar-refractivity contribution in [2.45, 2.75) is 18.9 Å². The van der Waals surface area contributed by atoms with Gasteiger partial charge in [0, 0.05) is 39.0 Å². The first kappa shape index (κ1) is 12.4. The molecule has 1 aromatic rings. The van der Waals surface area contributed by atoms with Crippen LogP contribution in [0.25, 0.3) is 0 Å². The second-order valence-corrected chi connectivity index (χ2v) is 4.96. The van der Waals surface area contributed by atoms with E-state index in [-0.39, 0.29) is 6.04 Å². The Labute approximate surface area is 104 Å². The molecule has 3 nitrogen and oxygen atoms in total. The lowest BCUT2D eigenvalue weighted by atomic mass is 9.88. The van der Waals surface area contributed by atoms with Crippen LogP contribution in [0.3, 0.4) is 0 Å². The van der Waals surface area contributed by atoms with Gasteiger partial charge in [-0.2, -0.15) is 0 Å². The average molecular weight is 234 g/mol. The molecule has 1 heterocycles. The Hall–Kier alpha value is -1.06. The van der Waals surface area contributed by atoms with E-state index in [1.165, 1.54) is 11.3 Å². The zero-order chi connectivity index (χ0) is 12.3. The van der Waals surface area contributed by atoms with Gasteiger partial charge in [0.25, 0.3) is 0 Å². The van der Waals surface area contributed by atoms with E-state index in [1.807, 2.05) is 14.1 Å². The summed E-state index contributed by atoms with van der Waals surface area (Å²) in [5.74, 6) is 0.564. The minimum Gasteiger partial charge on any atom is -0.381 e. The highest BCUT2D eigenvalue weighted by Gasteiger charge is 2.22. The van der Waals surface area contributed by atoms with Gasteiger partial charge in [-0.05, 0) is 36.5 Å². The maximum atomic E-state index is 6.33. The Morgan fingerprint density at radius 1 is 1.18 bits per heavy atom. The third-order valence-electron chi connectivity index (χ3n) is 3.57. The van der Waals surface area contributed by atoms with Gasteiger partial charge < -0.3 is 15.4 Å². The number of hydrogen-bond acceptors (Lipinski definition) is 3. The molecule has 1 aliphatic rings. The molecule has 0 saturated carbocycles. The summed E-state index contributed by atoms with van der Waals surface area (Å²) in [6.45, 7) is 1.71. The third-order valence-corrected chi connectivity index (χ3v) is 3.57. The van der Waals surface area contributed by atoms with Crippen molar-refractivity contribution in [1.29, 1.82) is 0 Å².